The second kappa shape index (κ2) is 9.02. The van der Waals surface area contributed by atoms with E-state index in [1.165, 1.54) is 0 Å². The van der Waals surface area contributed by atoms with Gasteiger partial charge in [-0.05, 0) is 23.3 Å². The average molecular weight is 344 g/mol. The minimum Gasteiger partial charge on any atom is -0.481 e. The fourth-order valence-corrected chi connectivity index (χ4v) is 1.71. The second-order valence-corrected chi connectivity index (χ2v) is 4.72. The van der Waals surface area contributed by atoms with Crippen LogP contribution in [0.25, 0.3) is 0 Å². The molecule has 6 N–H and O–H groups in total. The Morgan fingerprint density at radius 3 is 2.04 bits per heavy atom. The smallest absolute Gasteiger partial charge is 0.326 e. The molecule has 0 aliphatic heterocycles. The summed E-state index contributed by atoms with van der Waals surface area (Å²) in [4.78, 5) is 44.3. The number of aryl methyl sites for hydroxylation is 1. The zero-order chi connectivity index (χ0) is 18.1. The number of aromatic amines is 1. The van der Waals surface area contributed by atoms with Gasteiger partial charge in [-0.25, -0.2) is 19.5 Å². The highest BCUT2D eigenvalue weighted by Crippen LogP contribution is 2.01. The molecule has 0 aliphatic carbocycles. The Bertz CT molecular complexity index is 590. The zero-order valence-electron chi connectivity index (χ0n) is 12.3. The van der Waals surface area contributed by atoms with E-state index >= 15 is 0 Å². The van der Waals surface area contributed by atoms with E-state index in [1.807, 2.05) is 5.32 Å². The number of urea groups is 1. The fraction of sp³-hybridized carbons (Fsp3) is 0.545. The third-order valence-corrected chi connectivity index (χ3v) is 2.91. The number of rotatable bonds is 10. The van der Waals surface area contributed by atoms with Gasteiger partial charge < -0.3 is 26.0 Å². The summed E-state index contributed by atoms with van der Waals surface area (Å²) in [7, 11) is 0. The molecule has 2 atom stereocenters. The lowest BCUT2D eigenvalue weighted by Crippen LogP contribution is -2.51. The Balaban J connectivity index is 2.54. The standard InChI is InChI=1S/C11H16N6O7/c18-8(19)4-2-6(10(22)23)13-11(24)12-5(9(20)21)1-3-7-14-16-17-15-7/h5-6H,1-4H2,(H,18,19)(H,20,21)(H,22,23)(H2,12,13,24)(H,14,15,16,17)/t5-,6-/m0/s1. The van der Waals surface area contributed by atoms with E-state index in [-0.39, 0.29) is 19.3 Å². The van der Waals surface area contributed by atoms with Crippen molar-refractivity contribution >= 4 is 23.9 Å². The Hall–Kier alpha value is -3.25. The van der Waals surface area contributed by atoms with E-state index in [9.17, 15) is 19.2 Å². The van der Waals surface area contributed by atoms with Crippen LogP contribution in [0.4, 0.5) is 4.79 Å². The summed E-state index contributed by atoms with van der Waals surface area (Å²) >= 11 is 0. The number of hydrogen-bond acceptors (Lipinski definition) is 7. The molecule has 0 bridgehead atoms. The molecule has 1 aromatic heterocycles. The van der Waals surface area contributed by atoms with E-state index in [0.717, 1.165) is 0 Å². The molecule has 0 unspecified atom stereocenters. The van der Waals surface area contributed by atoms with Crippen LogP contribution in [-0.2, 0) is 20.8 Å². The third kappa shape index (κ3) is 6.67. The molecule has 13 heteroatoms. The summed E-state index contributed by atoms with van der Waals surface area (Å²) in [6, 6.07) is -3.78. The van der Waals surface area contributed by atoms with Crippen molar-refractivity contribution in [3.63, 3.8) is 0 Å². The van der Waals surface area contributed by atoms with Crippen molar-refractivity contribution in [2.75, 3.05) is 0 Å². The quantitative estimate of drug-likeness (QED) is 0.280. The molecule has 2 amide bonds. The van der Waals surface area contributed by atoms with Crippen molar-refractivity contribution in [2.24, 2.45) is 0 Å². The van der Waals surface area contributed by atoms with E-state index < -0.39 is 42.4 Å². The maximum atomic E-state index is 11.7. The summed E-state index contributed by atoms with van der Waals surface area (Å²) in [5.74, 6) is -3.64. The summed E-state index contributed by atoms with van der Waals surface area (Å²) in [6.45, 7) is 0. The molecule has 1 aromatic rings. The van der Waals surface area contributed by atoms with Crippen LogP contribution in [-0.4, -0.2) is 72.0 Å². The molecule has 0 saturated heterocycles. The van der Waals surface area contributed by atoms with Crippen molar-refractivity contribution in [2.45, 2.75) is 37.8 Å². The first-order valence-corrected chi connectivity index (χ1v) is 6.76. The normalized spacial score (nSPS) is 12.8. The number of aromatic nitrogens is 4. The summed E-state index contributed by atoms with van der Waals surface area (Å²) in [5, 5.41) is 43.3. The first-order chi connectivity index (χ1) is 11.3. The fourth-order valence-electron chi connectivity index (χ4n) is 1.71. The monoisotopic (exact) mass is 344 g/mol. The molecular weight excluding hydrogens is 328 g/mol. The number of carboxylic acids is 3. The maximum Gasteiger partial charge on any atom is 0.326 e. The van der Waals surface area contributed by atoms with Gasteiger partial charge in [0.1, 0.15) is 17.9 Å². The maximum absolute atomic E-state index is 11.7. The molecule has 1 rings (SSSR count). The second-order valence-electron chi connectivity index (χ2n) is 4.72. The average Bonchev–Trinajstić information content (AvgIpc) is 3.00. The Morgan fingerprint density at radius 2 is 1.58 bits per heavy atom. The molecule has 0 saturated carbocycles. The number of aliphatic carboxylic acids is 3. The first kappa shape index (κ1) is 18.8. The molecular formula is C11H16N6O7. The molecule has 0 spiro atoms. The Kier molecular flexibility index (Phi) is 7.06. The van der Waals surface area contributed by atoms with Crippen LogP contribution in [0, 0.1) is 0 Å². The number of carbonyl (C=O) groups is 4. The molecule has 0 fully saturated rings. The Labute approximate surface area is 134 Å². The predicted molar refractivity (Wildman–Crippen MR) is 73.9 cm³/mol. The van der Waals surface area contributed by atoms with Crippen LogP contribution < -0.4 is 10.6 Å². The van der Waals surface area contributed by atoms with Gasteiger partial charge in [0.05, 0.1) is 0 Å². The van der Waals surface area contributed by atoms with Crippen molar-refractivity contribution in [1.29, 1.82) is 0 Å². The highest BCUT2D eigenvalue weighted by atomic mass is 16.4. The van der Waals surface area contributed by atoms with Gasteiger partial charge in [0, 0.05) is 12.8 Å². The van der Waals surface area contributed by atoms with Gasteiger partial charge >= 0.3 is 23.9 Å². The topological polar surface area (TPSA) is 207 Å². The highest BCUT2D eigenvalue weighted by Gasteiger charge is 2.25. The van der Waals surface area contributed by atoms with E-state index in [1.54, 1.807) is 0 Å². The molecule has 0 aliphatic rings. The summed E-state index contributed by atoms with van der Waals surface area (Å²) in [5.41, 5.74) is 0. The van der Waals surface area contributed by atoms with E-state index in [2.05, 4.69) is 25.9 Å². The zero-order valence-corrected chi connectivity index (χ0v) is 12.3. The first-order valence-electron chi connectivity index (χ1n) is 6.76. The molecule has 24 heavy (non-hydrogen) atoms. The van der Waals surface area contributed by atoms with Gasteiger partial charge in [-0.1, -0.05) is 0 Å². The van der Waals surface area contributed by atoms with Gasteiger partial charge in [-0.15, -0.1) is 5.10 Å². The molecule has 0 radical (unpaired) electrons. The number of amides is 2. The number of carbonyl (C=O) groups excluding carboxylic acids is 1. The number of nitrogens with one attached hydrogen (secondary N) is 3. The van der Waals surface area contributed by atoms with Crippen LogP contribution in [0.1, 0.15) is 25.1 Å². The van der Waals surface area contributed by atoms with Crippen molar-refractivity contribution in [3.05, 3.63) is 5.82 Å². The van der Waals surface area contributed by atoms with Gasteiger partial charge in [-0.2, -0.15) is 0 Å². The third-order valence-electron chi connectivity index (χ3n) is 2.91. The van der Waals surface area contributed by atoms with Gasteiger partial charge in [0.15, 0.2) is 0 Å². The molecule has 13 nitrogen and oxygen atoms in total. The predicted octanol–water partition coefficient (Wildman–Crippen LogP) is -1.80. The molecule has 0 aromatic carbocycles. The van der Waals surface area contributed by atoms with Crippen LogP contribution in [0.5, 0.6) is 0 Å². The summed E-state index contributed by atoms with van der Waals surface area (Å²) < 4.78 is 0. The number of hydrogen-bond donors (Lipinski definition) is 6. The van der Waals surface area contributed by atoms with Crippen molar-refractivity contribution < 1.29 is 34.5 Å². The Morgan fingerprint density at radius 1 is 1.00 bits per heavy atom. The lowest BCUT2D eigenvalue weighted by Gasteiger charge is -2.17. The number of H-pyrrole nitrogens is 1. The lowest BCUT2D eigenvalue weighted by molar-refractivity contribution is -0.140. The van der Waals surface area contributed by atoms with Crippen LogP contribution in [0.2, 0.25) is 0 Å². The number of nitrogens with zero attached hydrogens (tertiary/aromatic N) is 3. The van der Waals surface area contributed by atoms with Crippen LogP contribution in [0.3, 0.4) is 0 Å². The van der Waals surface area contributed by atoms with Crippen molar-refractivity contribution in [3.8, 4) is 0 Å². The van der Waals surface area contributed by atoms with Gasteiger partial charge in [-0.3, -0.25) is 4.79 Å². The van der Waals surface area contributed by atoms with E-state index in [0.29, 0.717) is 5.82 Å². The minimum atomic E-state index is -1.45. The highest BCUT2D eigenvalue weighted by molar-refractivity contribution is 5.86. The van der Waals surface area contributed by atoms with Crippen LogP contribution >= 0.6 is 0 Å². The minimum absolute atomic E-state index is 0.0352. The lowest BCUT2D eigenvalue weighted by atomic mass is 10.1. The largest absolute Gasteiger partial charge is 0.481 e. The van der Waals surface area contributed by atoms with Gasteiger partial charge in [0.25, 0.3) is 0 Å². The van der Waals surface area contributed by atoms with E-state index in [4.69, 9.17) is 15.3 Å². The molecule has 132 valence electrons. The number of carboxylic acid groups (broad SMARTS) is 3. The van der Waals surface area contributed by atoms with Crippen molar-refractivity contribution in [1.82, 2.24) is 31.3 Å². The van der Waals surface area contributed by atoms with Gasteiger partial charge in [0.2, 0.25) is 0 Å². The SMILES string of the molecule is O=C(O)CC[C@H](NC(=O)N[C@@H](CCc1nnn[nH]1)C(=O)O)C(=O)O. The van der Waals surface area contributed by atoms with Crippen LogP contribution in [0.15, 0.2) is 0 Å². The summed E-state index contributed by atoms with van der Waals surface area (Å²) in [6.07, 6.45) is -0.685. The molecule has 1 heterocycles. The number of tetrazole rings is 1.